The van der Waals surface area contributed by atoms with Crippen molar-refractivity contribution in [2.45, 2.75) is 13.3 Å². The Kier molecular flexibility index (Phi) is 6.61. The number of amides is 1. The molecule has 0 spiro atoms. The lowest BCUT2D eigenvalue weighted by Crippen LogP contribution is -2.18. The molecule has 2 N–H and O–H groups in total. The molecule has 2 rings (SSSR count). The summed E-state index contributed by atoms with van der Waals surface area (Å²) in [6.45, 7) is 2.49. The standard InChI is InChI=1S/C20H21N3O2/c1-15-7-3-5-9-18(15)23-20(24)17(13-21)14-22-12-11-16-8-4-6-10-19(16)25-2/h3-10,14,22H,11-12H2,1-2H3,(H,23,24)/b17-14-. The monoisotopic (exact) mass is 335 g/mol. The van der Waals surface area contributed by atoms with Gasteiger partial charge in [0.1, 0.15) is 17.4 Å². The van der Waals surface area contributed by atoms with E-state index in [4.69, 9.17) is 4.74 Å². The fourth-order valence-electron chi connectivity index (χ4n) is 2.34. The molecular weight excluding hydrogens is 314 g/mol. The van der Waals surface area contributed by atoms with E-state index in [1.165, 1.54) is 6.20 Å². The average molecular weight is 335 g/mol. The first-order chi connectivity index (χ1) is 12.2. The van der Waals surface area contributed by atoms with E-state index in [0.717, 1.165) is 23.3 Å². The van der Waals surface area contributed by atoms with E-state index >= 15 is 0 Å². The van der Waals surface area contributed by atoms with Crippen LogP contribution in [-0.4, -0.2) is 19.6 Å². The Hall–Kier alpha value is -3.26. The Balaban J connectivity index is 1.93. The predicted molar refractivity (Wildman–Crippen MR) is 98.2 cm³/mol. The second-order valence-electron chi connectivity index (χ2n) is 5.45. The first-order valence-electron chi connectivity index (χ1n) is 7.98. The molecule has 0 fully saturated rings. The van der Waals surface area contributed by atoms with Gasteiger partial charge in [0, 0.05) is 18.4 Å². The molecule has 1 amide bonds. The van der Waals surface area contributed by atoms with E-state index < -0.39 is 5.91 Å². The summed E-state index contributed by atoms with van der Waals surface area (Å²) in [5, 5.41) is 15.0. The fourth-order valence-corrected chi connectivity index (χ4v) is 2.34. The number of nitrogens with zero attached hydrogens (tertiary/aromatic N) is 1. The Morgan fingerprint density at radius 2 is 1.92 bits per heavy atom. The summed E-state index contributed by atoms with van der Waals surface area (Å²) in [5.41, 5.74) is 2.73. The van der Waals surface area contributed by atoms with Crippen LogP contribution in [0.5, 0.6) is 5.75 Å². The van der Waals surface area contributed by atoms with Gasteiger partial charge in [-0.2, -0.15) is 5.26 Å². The van der Waals surface area contributed by atoms with Crippen molar-refractivity contribution in [1.29, 1.82) is 5.26 Å². The number of carbonyl (C=O) groups excluding carboxylic acids is 1. The van der Waals surface area contributed by atoms with Crippen molar-refractivity contribution in [2.24, 2.45) is 0 Å². The molecule has 0 unspecified atom stereocenters. The van der Waals surface area contributed by atoms with Crippen molar-refractivity contribution >= 4 is 11.6 Å². The summed E-state index contributed by atoms with van der Waals surface area (Å²) in [7, 11) is 1.63. The Morgan fingerprint density at radius 3 is 2.64 bits per heavy atom. The van der Waals surface area contributed by atoms with E-state index in [1.807, 2.05) is 55.5 Å². The number of methoxy groups -OCH3 is 1. The second kappa shape index (κ2) is 9.14. The average Bonchev–Trinajstić information content (AvgIpc) is 2.64. The normalized spacial score (nSPS) is 10.7. The molecule has 0 saturated heterocycles. The molecule has 0 bridgehead atoms. The maximum absolute atomic E-state index is 12.2. The number of hydrogen-bond acceptors (Lipinski definition) is 4. The molecule has 0 aliphatic rings. The third-order valence-corrected chi connectivity index (χ3v) is 3.74. The zero-order valence-corrected chi connectivity index (χ0v) is 14.4. The lowest BCUT2D eigenvalue weighted by atomic mass is 10.1. The highest BCUT2D eigenvalue weighted by molar-refractivity contribution is 6.06. The highest BCUT2D eigenvalue weighted by Crippen LogP contribution is 2.17. The third kappa shape index (κ3) is 5.11. The highest BCUT2D eigenvalue weighted by atomic mass is 16.5. The van der Waals surface area contributed by atoms with Gasteiger partial charge in [0.05, 0.1) is 7.11 Å². The lowest BCUT2D eigenvalue weighted by Gasteiger charge is -2.09. The van der Waals surface area contributed by atoms with E-state index in [-0.39, 0.29) is 5.57 Å². The molecule has 2 aromatic carbocycles. The first-order valence-corrected chi connectivity index (χ1v) is 7.98. The van der Waals surface area contributed by atoms with Crippen LogP contribution in [0.15, 0.2) is 60.3 Å². The van der Waals surface area contributed by atoms with Gasteiger partial charge in [0.2, 0.25) is 0 Å². The van der Waals surface area contributed by atoms with E-state index in [9.17, 15) is 10.1 Å². The number of carbonyl (C=O) groups is 1. The zero-order valence-electron chi connectivity index (χ0n) is 14.4. The SMILES string of the molecule is COc1ccccc1CCN/C=C(/C#N)C(=O)Nc1ccccc1C. The summed E-state index contributed by atoms with van der Waals surface area (Å²) in [6.07, 6.45) is 2.17. The number of benzene rings is 2. The molecule has 2 aromatic rings. The van der Waals surface area contributed by atoms with Crippen LogP contribution in [0.4, 0.5) is 5.69 Å². The minimum Gasteiger partial charge on any atom is -0.496 e. The lowest BCUT2D eigenvalue weighted by molar-refractivity contribution is -0.112. The quantitative estimate of drug-likeness (QED) is 0.463. The molecular formula is C20H21N3O2. The number of ether oxygens (including phenoxy) is 1. The number of hydrogen-bond donors (Lipinski definition) is 2. The van der Waals surface area contributed by atoms with Crippen LogP contribution < -0.4 is 15.4 Å². The molecule has 0 radical (unpaired) electrons. The number of nitriles is 1. The third-order valence-electron chi connectivity index (χ3n) is 3.74. The maximum atomic E-state index is 12.2. The Labute approximate surface area is 147 Å². The molecule has 0 atom stereocenters. The van der Waals surface area contributed by atoms with Gasteiger partial charge in [0.15, 0.2) is 0 Å². The van der Waals surface area contributed by atoms with Gasteiger partial charge in [0.25, 0.3) is 5.91 Å². The first kappa shape index (κ1) is 18.1. The smallest absolute Gasteiger partial charge is 0.267 e. The molecule has 0 aromatic heterocycles. The molecule has 128 valence electrons. The van der Waals surface area contributed by atoms with E-state index in [2.05, 4.69) is 10.6 Å². The minimum absolute atomic E-state index is 0.0308. The molecule has 0 aliphatic carbocycles. The molecule has 0 heterocycles. The highest BCUT2D eigenvalue weighted by Gasteiger charge is 2.10. The van der Waals surface area contributed by atoms with Gasteiger partial charge in [-0.25, -0.2) is 0 Å². The summed E-state index contributed by atoms with van der Waals surface area (Å²) in [6, 6.07) is 17.1. The second-order valence-corrected chi connectivity index (χ2v) is 5.45. The van der Waals surface area contributed by atoms with Crippen LogP contribution in [0.3, 0.4) is 0 Å². The maximum Gasteiger partial charge on any atom is 0.267 e. The van der Waals surface area contributed by atoms with Crippen LogP contribution in [0, 0.1) is 18.3 Å². The van der Waals surface area contributed by atoms with Gasteiger partial charge >= 0.3 is 0 Å². The van der Waals surface area contributed by atoms with Crippen molar-refractivity contribution in [2.75, 3.05) is 19.0 Å². The van der Waals surface area contributed by atoms with Gasteiger partial charge in [-0.1, -0.05) is 36.4 Å². The molecule has 0 saturated carbocycles. The largest absolute Gasteiger partial charge is 0.496 e. The van der Waals surface area contributed by atoms with E-state index in [0.29, 0.717) is 12.2 Å². The van der Waals surface area contributed by atoms with Gasteiger partial charge in [-0.05, 0) is 36.6 Å². The van der Waals surface area contributed by atoms with Crippen molar-refractivity contribution in [3.63, 3.8) is 0 Å². The van der Waals surface area contributed by atoms with Crippen molar-refractivity contribution in [1.82, 2.24) is 5.32 Å². The van der Waals surface area contributed by atoms with Crippen molar-refractivity contribution < 1.29 is 9.53 Å². The van der Waals surface area contributed by atoms with Crippen LogP contribution in [0.25, 0.3) is 0 Å². The van der Waals surface area contributed by atoms with Gasteiger partial charge in [-0.15, -0.1) is 0 Å². The van der Waals surface area contributed by atoms with Crippen molar-refractivity contribution in [3.05, 3.63) is 71.4 Å². The Morgan fingerprint density at radius 1 is 1.20 bits per heavy atom. The number of rotatable bonds is 7. The van der Waals surface area contributed by atoms with Gasteiger partial charge in [-0.3, -0.25) is 4.79 Å². The molecule has 0 aliphatic heterocycles. The molecule has 25 heavy (non-hydrogen) atoms. The fraction of sp³-hybridized carbons (Fsp3) is 0.200. The van der Waals surface area contributed by atoms with Crippen LogP contribution in [-0.2, 0) is 11.2 Å². The number of para-hydroxylation sites is 2. The number of nitrogens with one attached hydrogen (secondary N) is 2. The van der Waals surface area contributed by atoms with Crippen LogP contribution >= 0.6 is 0 Å². The Bertz CT molecular complexity index is 807. The van der Waals surface area contributed by atoms with Crippen LogP contribution in [0.2, 0.25) is 0 Å². The topological polar surface area (TPSA) is 74.1 Å². The van der Waals surface area contributed by atoms with E-state index in [1.54, 1.807) is 13.2 Å². The number of aryl methyl sites for hydroxylation is 1. The summed E-state index contributed by atoms with van der Waals surface area (Å²) in [4.78, 5) is 12.2. The predicted octanol–water partition coefficient (Wildman–Crippen LogP) is 3.18. The summed E-state index contributed by atoms with van der Waals surface area (Å²) in [5.74, 6) is 0.396. The van der Waals surface area contributed by atoms with Crippen molar-refractivity contribution in [3.8, 4) is 11.8 Å². The molecule has 5 heteroatoms. The van der Waals surface area contributed by atoms with Gasteiger partial charge < -0.3 is 15.4 Å². The molecule has 5 nitrogen and oxygen atoms in total. The minimum atomic E-state index is -0.429. The number of anilines is 1. The summed E-state index contributed by atoms with van der Waals surface area (Å²) >= 11 is 0. The van der Waals surface area contributed by atoms with Crippen LogP contribution in [0.1, 0.15) is 11.1 Å². The zero-order chi connectivity index (χ0) is 18.1. The summed E-state index contributed by atoms with van der Waals surface area (Å²) < 4.78 is 5.30.